The minimum Gasteiger partial charge on any atom is -0.354 e. The molecule has 3 N–H and O–H groups in total. The molecule has 0 bridgehead atoms. The average Bonchev–Trinajstić information content (AvgIpc) is 2.52. The molecule has 0 saturated carbocycles. The fraction of sp³-hybridized carbons (Fsp3) is 0.312. The zero-order valence-corrected chi connectivity index (χ0v) is 12.7. The summed E-state index contributed by atoms with van der Waals surface area (Å²) in [7, 11) is 0. The predicted molar refractivity (Wildman–Crippen MR) is 86.7 cm³/mol. The van der Waals surface area contributed by atoms with Gasteiger partial charge in [0.15, 0.2) is 0 Å². The monoisotopic (exact) mass is 300 g/mol. The van der Waals surface area contributed by atoms with Gasteiger partial charge < -0.3 is 16.0 Å². The number of para-hydroxylation sites is 1. The number of aromatic nitrogens is 1. The summed E-state index contributed by atoms with van der Waals surface area (Å²) in [6, 6.07) is 8.27. The van der Waals surface area contributed by atoms with E-state index in [1.807, 2.05) is 31.2 Å². The fourth-order valence-corrected chi connectivity index (χ4v) is 2.03. The van der Waals surface area contributed by atoms with E-state index >= 15 is 0 Å². The predicted octanol–water partition coefficient (Wildman–Crippen LogP) is 2.27. The van der Waals surface area contributed by atoms with Crippen molar-refractivity contribution in [3.8, 4) is 0 Å². The molecule has 0 aliphatic heterocycles. The molecule has 1 unspecified atom stereocenters. The highest BCUT2D eigenvalue weighted by molar-refractivity contribution is 6.00. The molecule has 2 aromatic rings. The zero-order chi connectivity index (χ0) is 15.9. The molecule has 0 radical (unpaired) electrons. The van der Waals surface area contributed by atoms with Crippen LogP contribution in [0.25, 0.3) is 10.9 Å². The number of rotatable bonds is 5. The molecular weight excluding hydrogens is 280 g/mol. The van der Waals surface area contributed by atoms with Gasteiger partial charge in [-0.2, -0.15) is 0 Å². The maximum atomic E-state index is 12.0. The molecule has 0 aliphatic rings. The second-order valence-corrected chi connectivity index (χ2v) is 4.99. The van der Waals surface area contributed by atoms with Gasteiger partial charge in [0.1, 0.15) is 6.04 Å². The van der Waals surface area contributed by atoms with Gasteiger partial charge in [0.2, 0.25) is 5.91 Å². The molecule has 3 amide bonds. The summed E-state index contributed by atoms with van der Waals surface area (Å²) in [4.78, 5) is 28.0. The molecule has 0 aliphatic carbocycles. The summed E-state index contributed by atoms with van der Waals surface area (Å²) in [5, 5.41) is 9.02. The van der Waals surface area contributed by atoms with Crippen LogP contribution in [0.2, 0.25) is 0 Å². The van der Waals surface area contributed by atoms with Crippen LogP contribution in [0, 0.1) is 0 Å². The number of urea groups is 1. The maximum Gasteiger partial charge on any atom is 0.319 e. The lowest BCUT2D eigenvalue weighted by atomic mass is 10.2. The zero-order valence-electron chi connectivity index (χ0n) is 12.7. The minimum atomic E-state index is -0.602. The number of carbonyl (C=O) groups is 2. The lowest BCUT2D eigenvalue weighted by molar-refractivity contribution is -0.122. The molecule has 0 fully saturated rings. The van der Waals surface area contributed by atoms with Gasteiger partial charge in [-0.3, -0.25) is 9.78 Å². The molecule has 6 heteroatoms. The van der Waals surface area contributed by atoms with E-state index in [0.29, 0.717) is 17.7 Å². The second kappa shape index (κ2) is 7.40. The Bertz CT molecular complexity index is 667. The molecule has 22 heavy (non-hydrogen) atoms. The van der Waals surface area contributed by atoms with Gasteiger partial charge in [0.05, 0.1) is 11.2 Å². The molecule has 116 valence electrons. The van der Waals surface area contributed by atoms with Crippen LogP contribution in [0.1, 0.15) is 20.3 Å². The number of amides is 3. The lowest BCUT2D eigenvalue weighted by Gasteiger charge is -2.15. The molecule has 0 saturated heterocycles. The smallest absolute Gasteiger partial charge is 0.319 e. The molecule has 1 atom stereocenters. The summed E-state index contributed by atoms with van der Waals surface area (Å²) in [6.45, 7) is 4.21. The summed E-state index contributed by atoms with van der Waals surface area (Å²) >= 11 is 0. The molecule has 1 aromatic carbocycles. The number of nitrogens with zero attached hydrogens (tertiary/aromatic N) is 1. The quantitative estimate of drug-likeness (QED) is 0.792. The van der Waals surface area contributed by atoms with Crippen molar-refractivity contribution >= 4 is 28.5 Å². The Hall–Kier alpha value is -2.63. The number of hydrogen-bond acceptors (Lipinski definition) is 3. The first-order valence-electron chi connectivity index (χ1n) is 7.30. The number of hydrogen-bond donors (Lipinski definition) is 3. The first kappa shape index (κ1) is 15.8. The normalized spacial score (nSPS) is 11.7. The first-order chi connectivity index (χ1) is 10.6. The van der Waals surface area contributed by atoms with Gasteiger partial charge in [0.25, 0.3) is 0 Å². The van der Waals surface area contributed by atoms with Crippen molar-refractivity contribution in [2.75, 3.05) is 11.9 Å². The van der Waals surface area contributed by atoms with Crippen molar-refractivity contribution in [1.82, 2.24) is 15.6 Å². The Morgan fingerprint density at radius 2 is 2.00 bits per heavy atom. The highest BCUT2D eigenvalue weighted by Crippen LogP contribution is 2.20. The van der Waals surface area contributed by atoms with E-state index in [-0.39, 0.29) is 5.91 Å². The Morgan fingerprint density at radius 3 is 2.77 bits per heavy atom. The van der Waals surface area contributed by atoms with Gasteiger partial charge in [0, 0.05) is 18.1 Å². The van der Waals surface area contributed by atoms with Crippen LogP contribution in [0.4, 0.5) is 10.5 Å². The van der Waals surface area contributed by atoms with E-state index in [2.05, 4.69) is 20.9 Å². The summed E-state index contributed by atoms with van der Waals surface area (Å²) in [5.74, 6) is -0.201. The first-order valence-corrected chi connectivity index (χ1v) is 7.30. The van der Waals surface area contributed by atoms with E-state index in [0.717, 1.165) is 11.8 Å². The van der Waals surface area contributed by atoms with Crippen molar-refractivity contribution in [2.24, 2.45) is 0 Å². The molecule has 1 heterocycles. The van der Waals surface area contributed by atoms with Gasteiger partial charge in [-0.05, 0) is 25.5 Å². The molecule has 6 nitrogen and oxygen atoms in total. The van der Waals surface area contributed by atoms with Crippen LogP contribution >= 0.6 is 0 Å². The third-order valence-corrected chi connectivity index (χ3v) is 3.17. The topological polar surface area (TPSA) is 83.1 Å². The number of pyridine rings is 1. The number of nitrogens with one attached hydrogen (secondary N) is 3. The van der Waals surface area contributed by atoms with E-state index < -0.39 is 12.1 Å². The minimum absolute atomic E-state index is 0.201. The largest absolute Gasteiger partial charge is 0.354 e. The Balaban J connectivity index is 2.00. The Kier molecular flexibility index (Phi) is 5.30. The SMILES string of the molecule is CCCNC(=O)C(C)NC(=O)Nc1cccc2cccnc12. The maximum absolute atomic E-state index is 12.0. The van der Waals surface area contributed by atoms with Crippen LogP contribution in [-0.4, -0.2) is 29.5 Å². The Labute approximate surface area is 129 Å². The third kappa shape index (κ3) is 3.94. The van der Waals surface area contributed by atoms with Crippen molar-refractivity contribution in [3.05, 3.63) is 36.5 Å². The average molecular weight is 300 g/mol. The van der Waals surface area contributed by atoms with Gasteiger partial charge in [-0.15, -0.1) is 0 Å². The van der Waals surface area contributed by atoms with Crippen molar-refractivity contribution in [1.29, 1.82) is 0 Å². The third-order valence-electron chi connectivity index (χ3n) is 3.17. The standard InChI is InChI=1S/C16H20N4O2/c1-3-9-18-15(21)11(2)19-16(22)20-13-8-4-6-12-7-5-10-17-14(12)13/h4-8,10-11H,3,9H2,1-2H3,(H,18,21)(H2,19,20,22). The van der Waals surface area contributed by atoms with E-state index in [1.165, 1.54) is 0 Å². The highest BCUT2D eigenvalue weighted by Gasteiger charge is 2.15. The fourth-order valence-electron chi connectivity index (χ4n) is 2.03. The second-order valence-electron chi connectivity index (χ2n) is 4.99. The lowest BCUT2D eigenvalue weighted by Crippen LogP contribution is -2.46. The van der Waals surface area contributed by atoms with Crippen LogP contribution < -0.4 is 16.0 Å². The van der Waals surface area contributed by atoms with Gasteiger partial charge in [-0.1, -0.05) is 25.1 Å². The van der Waals surface area contributed by atoms with Crippen molar-refractivity contribution in [2.45, 2.75) is 26.3 Å². The van der Waals surface area contributed by atoms with Crippen LogP contribution in [0.15, 0.2) is 36.5 Å². The molecule has 0 spiro atoms. The van der Waals surface area contributed by atoms with Crippen molar-refractivity contribution in [3.63, 3.8) is 0 Å². The van der Waals surface area contributed by atoms with E-state index in [1.54, 1.807) is 19.2 Å². The van der Waals surface area contributed by atoms with Crippen molar-refractivity contribution < 1.29 is 9.59 Å². The number of fused-ring (bicyclic) bond motifs is 1. The highest BCUT2D eigenvalue weighted by atomic mass is 16.2. The molecule has 1 aromatic heterocycles. The van der Waals surface area contributed by atoms with Crippen LogP contribution in [0.3, 0.4) is 0 Å². The Morgan fingerprint density at radius 1 is 1.23 bits per heavy atom. The van der Waals surface area contributed by atoms with Crippen LogP contribution in [0.5, 0.6) is 0 Å². The summed E-state index contributed by atoms with van der Waals surface area (Å²) in [6.07, 6.45) is 2.53. The molecule has 2 rings (SSSR count). The van der Waals surface area contributed by atoms with E-state index in [9.17, 15) is 9.59 Å². The summed E-state index contributed by atoms with van der Waals surface area (Å²) in [5.41, 5.74) is 1.32. The summed E-state index contributed by atoms with van der Waals surface area (Å²) < 4.78 is 0. The van der Waals surface area contributed by atoms with Gasteiger partial charge in [-0.25, -0.2) is 4.79 Å². The number of anilines is 1. The van der Waals surface area contributed by atoms with E-state index in [4.69, 9.17) is 0 Å². The molecular formula is C16H20N4O2. The van der Waals surface area contributed by atoms with Gasteiger partial charge >= 0.3 is 6.03 Å². The number of benzene rings is 1. The number of carbonyl (C=O) groups excluding carboxylic acids is 2. The van der Waals surface area contributed by atoms with Crippen LogP contribution in [-0.2, 0) is 4.79 Å².